The lowest BCUT2D eigenvalue weighted by atomic mass is 9.83. The van der Waals surface area contributed by atoms with Crippen molar-refractivity contribution in [1.29, 1.82) is 0 Å². The van der Waals surface area contributed by atoms with Crippen LogP contribution in [0.5, 0.6) is 0 Å². The molecule has 0 saturated heterocycles. The Balaban J connectivity index is 0.00000109. The molecule has 0 bridgehead atoms. The van der Waals surface area contributed by atoms with Gasteiger partial charge < -0.3 is 15.7 Å². The van der Waals surface area contributed by atoms with Gasteiger partial charge in [-0.1, -0.05) is 19.3 Å². The normalized spacial score (nSPS) is 24.6. The summed E-state index contributed by atoms with van der Waals surface area (Å²) in [7, 11) is 2.46. The molecule has 1 aliphatic carbocycles. The second-order valence-corrected chi connectivity index (χ2v) is 6.86. The third-order valence-corrected chi connectivity index (χ3v) is 5.38. The van der Waals surface area contributed by atoms with Crippen molar-refractivity contribution in [3.63, 3.8) is 0 Å². The Morgan fingerprint density at radius 1 is 1.36 bits per heavy atom. The fourth-order valence-corrected chi connectivity index (χ4v) is 3.99. The number of alkyl halides is 2. The van der Waals surface area contributed by atoms with E-state index in [4.69, 9.17) is 5.73 Å². The first-order valence-electron chi connectivity index (χ1n) is 8.97. The molecule has 25 heavy (non-hydrogen) atoms. The Bertz CT molecular complexity index is 582. The van der Waals surface area contributed by atoms with Crippen LogP contribution in [0.25, 0.3) is 5.70 Å². The minimum absolute atomic E-state index is 0.0447. The maximum absolute atomic E-state index is 13.6. The van der Waals surface area contributed by atoms with E-state index in [9.17, 15) is 13.9 Å². The average Bonchev–Trinajstić information content (AvgIpc) is 3.16. The van der Waals surface area contributed by atoms with Crippen molar-refractivity contribution in [3.05, 3.63) is 23.7 Å². The quantitative estimate of drug-likeness (QED) is 0.866. The Kier molecular flexibility index (Phi) is 6.81. The number of hydrogen-bond acceptors (Lipinski definition) is 4. The predicted octanol–water partition coefficient (Wildman–Crippen LogP) is 3.53. The molecule has 1 aromatic rings. The van der Waals surface area contributed by atoms with Gasteiger partial charge in [0, 0.05) is 25.0 Å². The van der Waals surface area contributed by atoms with Crippen LogP contribution in [-0.2, 0) is 0 Å². The molecule has 3 N–H and O–H groups in total. The minimum atomic E-state index is -1.17. The van der Waals surface area contributed by atoms with Gasteiger partial charge in [0.2, 0.25) is 0 Å². The van der Waals surface area contributed by atoms with Crippen LogP contribution in [0, 0.1) is 5.92 Å². The number of halogens is 2. The maximum Gasteiger partial charge on any atom is 0.188 e. The monoisotopic (exact) mass is 356 g/mol. The third kappa shape index (κ3) is 3.97. The highest BCUT2D eigenvalue weighted by molar-refractivity contribution is 5.70. The SMILES string of the molecule is CC(F)n1cc2c(n1)C(CC(O)C1CCCCC1)N(C)/C2=C\N.CF. The van der Waals surface area contributed by atoms with Crippen LogP contribution in [0.15, 0.2) is 12.4 Å². The molecule has 142 valence electrons. The predicted molar refractivity (Wildman–Crippen MR) is 94.9 cm³/mol. The van der Waals surface area contributed by atoms with Crippen molar-refractivity contribution in [2.75, 3.05) is 14.2 Å². The van der Waals surface area contributed by atoms with E-state index in [0.29, 0.717) is 19.5 Å². The highest BCUT2D eigenvalue weighted by atomic mass is 19.1. The first kappa shape index (κ1) is 19.7. The van der Waals surface area contributed by atoms with Gasteiger partial charge >= 0.3 is 0 Å². The highest BCUT2D eigenvalue weighted by Gasteiger charge is 2.37. The van der Waals surface area contributed by atoms with Gasteiger partial charge in [-0.3, -0.25) is 4.39 Å². The summed E-state index contributed by atoms with van der Waals surface area (Å²) in [5.74, 6) is 0.369. The second kappa shape index (κ2) is 8.65. The largest absolute Gasteiger partial charge is 0.403 e. The first-order valence-corrected chi connectivity index (χ1v) is 8.97. The number of hydrogen-bond donors (Lipinski definition) is 2. The minimum Gasteiger partial charge on any atom is -0.403 e. The lowest BCUT2D eigenvalue weighted by Gasteiger charge is -2.31. The summed E-state index contributed by atoms with van der Waals surface area (Å²) in [5, 5.41) is 15.1. The zero-order valence-corrected chi connectivity index (χ0v) is 15.3. The van der Waals surface area contributed by atoms with Gasteiger partial charge in [-0.25, -0.2) is 9.07 Å². The van der Waals surface area contributed by atoms with Gasteiger partial charge in [-0.15, -0.1) is 0 Å². The van der Waals surface area contributed by atoms with Crippen LogP contribution < -0.4 is 5.73 Å². The molecule has 0 aromatic carbocycles. The van der Waals surface area contributed by atoms with Crippen LogP contribution in [-0.4, -0.2) is 40.1 Å². The van der Waals surface area contributed by atoms with Crippen LogP contribution >= 0.6 is 0 Å². The van der Waals surface area contributed by atoms with Crippen molar-refractivity contribution in [1.82, 2.24) is 14.7 Å². The average molecular weight is 356 g/mol. The van der Waals surface area contributed by atoms with Crippen LogP contribution in [0.1, 0.15) is 69.0 Å². The van der Waals surface area contributed by atoms with E-state index in [1.54, 1.807) is 12.4 Å². The van der Waals surface area contributed by atoms with Crippen molar-refractivity contribution in [2.24, 2.45) is 11.7 Å². The highest BCUT2D eigenvalue weighted by Crippen LogP contribution is 2.43. The zero-order valence-electron chi connectivity index (χ0n) is 15.3. The summed E-state index contributed by atoms with van der Waals surface area (Å²) in [4.78, 5) is 2.05. The third-order valence-electron chi connectivity index (χ3n) is 5.38. The molecule has 5 nitrogen and oxygen atoms in total. The summed E-state index contributed by atoms with van der Waals surface area (Å²) in [5.41, 5.74) is 8.32. The standard InChI is InChI=1S/C17H27FN4O.CH3F/c1-11(18)22-10-13-15(9-19)21(2)14(17(13)20-22)8-16(23)12-6-4-3-5-7-12;1-2/h9-12,14,16,23H,3-8,19H2,1-2H3;1H3/b15-9-;. The molecule has 0 amide bonds. The molecule has 0 spiro atoms. The van der Waals surface area contributed by atoms with E-state index in [-0.39, 0.29) is 12.1 Å². The molecular formula is C18H30F2N4O. The number of fused-ring (bicyclic) bond motifs is 1. The summed E-state index contributed by atoms with van der Waals surface area (Å²) >= 11 is 0. The number of aliphatic hydroxyl groups excluding tert-OH is 1. The number of aromatic nitrogens is 2. The molecule has 2 heterocycles. The Morgan fingerprint density at radius 2 is 2.00 bits per heavy atom. The van der Waals surface area contributed by atoms with Gasteiger partial charge in [-0.05, 0) is 32.1 Å². The second-order valence-electron chi connectivity index (χ2n) is 6.86. The molecule has 1 saturated carbocycles. The molecule has 1 fully saturated rings. The molecule has 7 heteroatoms. The van der Waals surface area contributed by atoms with Crippen molar-refractivity contribution in [2.45, 2.75) is 63.9 Å². The van der Waals surface area contributed by atoms with E-state index >= 15 is 0 Å². The number of nitrogens with zero attached hydrogens (tertiary/aromatic N) is 3. The lowest BCUT2D eigenvalue weighted by molar-refractivity contribution is 0.0585. The van der Waals surface area contributed by atoms with Crippen molar-refractivity contribution < 1.29 is 13.9 Å². The number of nitrogens with two attached hydrogens (primary N) is 1. The summed E-state index contributed by atoms with van der Waals surface area (Å²) in [6, 6.07) is -0.0447. The van der Waals surface area contributed by atoms with Crippen LogP contribution in [0.3, 0.4) is 0 Å². The van der Waals surface area contributed by atoms with Crippen LogP contribution in [0.4, 0.5) is 8.78 Å². The van der Waals surface area contributed by atoms with Gasteiger partial charge in [0.1, 0.15) is 0 Å². The molecule has 3 atom stereocenters. The van der Waals surface area contributed by atoms with E-state index in [1.807, 2.05) is 7.05 Å². The molecule has 0 radical (unpaired) electrons. The Labute approximate surface area is 148 Å². The molecule has 2 aliphatic rings. The fraction of sp³-hybridized carbons (Fsp3) is 0.722. The zero-order chi connectivity index (χ0) is 18.6. The summed E-state index contributed by atoms with van der Waals surface area (Å²) in [6.07, 6.45) is 8.22. The van der Waals surface area contributed by atoms with Gasteiger partial charge in [0.05, 0.1) is 30.7 Å². The van der Waals surface area contributed by atoms with Gasteiger partial charge in [0.15, 0.2) is 6.30 Å². The Hall–Kier alpha value is -1.63. The topological polar surface area (TPSA) is 67.3 Å². The number of aliphatic hydroxyl groups is 1. The van der Waals surface area contributed by atoms with E-state index in [0.717, 1.165) is 29.8 Å². The molecule has 3 rings (SSSR count). The van der Waals surface area contributed by atoms with Crippen LogP contribution in [0.2, 0.25) is 0 Å². The van der Waals surface area contributed by atoms with E-state index in [2.05, 4.69) is 10.00 Å². The lowest BCUT2D eigenvalue weighted by Crippen LogP contribution is -2.29. The van der Waals surface area contributed by atoms with E-state index in [1.165, 1.54) is 30.9 Å². The smallest absolute Gasteiger partial charge is 0.188 e. The Morgan fingerprint density at radius 3 is 2.56 bits per heavy atom. The fourth-order valence-electron chi connectivity index (χ4n) is 3.99. The molecular weight excluding hydrogens is 326 g/mol. The van der Waals surface area contributed by atoms with Crippen molar-refractivity contribution in [3.8, 4) is 0 Å². The summed E-state index contributed by atoms with van der Waals surface area (Å²) in [6.45, 7) is 1.46. The first-order chi connectivity index (χ1) is 12.0. The molecule has 3 unspecified atom stereocenters. The number of rotatable bonds is 4. The van der Waals surface area contributed by atoms with Gasteiger partial charge in [0.25, 0.3) is 0 Å². The van der Waals surface area contributed by atoms with E-state index < -0.39 is 6.30 Å². The van der Waals surface area contributed by atoms with Crippen molar-refractivity contribution >= 4 is 5.70 Å². The molecule has 1 aliphatic heterocycles. The summed E-state index contributed by atoms with van der Waals surface area (Å²) < 4.78 is 24.4. The molecule has 1 aromatic heterocycles. The van der Waals surface area contributed by atoms with Gasteiger partial charge in [-0.2, -0.15) is 5.10 Å². The maximum atomic E-state index is 13.6.